The fourth-order valence-corrected chi connectivity index (χ4v) is 11.5. The molecule has 3 aliphatic heterocycles. The number of ether oxygens (including phenoxy) is 1. The number of nitrogens with zero attached hydrogens (tertiary/aromatic N) is 3. The number of carbonyl (C=O) groups excluding carboxylic acids is 2. The number of nitrogens with one attached hydrogen (secondary N) is 2. The number of anilines is 1. The second-order valence-corrected chi connectivity index (χ2v) is 18.3. The third-order valence-electron chi connectivity index (χ3n) is 12.5. The summed E-state index contributed by atoms with van der Waals surface area (Å²) in [5.41, 5.74) is 3.43. The topological polar surface area (TPSA) is 142 Å². The largest absolute Gasteiger partial charge is 0.477 e. The van der Waals surface area contributed by atoms with Gasteiger partial charge in [-0.25, -0.2) is 9.78 Å². The highest BCUT2D eigenvalue weighted by atomic mass is 32.2. The van der Waals surface area contributed by atoms with Crippen molar-refractivity contribution in [3.05, 3.63) is 238 Å². The molecule has 0 spiro atoms. The SMILES string of the molecule is O=C(O)C1=C([C@H]2CCCO2)CS[C@@H]2[C@H](NC(=O)/C(=N\OC(c3ccccc3)(c3ccccc3)c3ccccc3)c3csc(NC(c4ccccc4)(c4ccccc4)c4ccccc4)n3)C(=O)N12. The molecule has 67 heavy (non-hydrogen) atoms. The maximum atomic E-state index is 15.0. The number of hydrogen-bond donors (Lipinski definition) is 3. The lowest BCUT2D eigenvalue weighted by atomic mass is 9.77. The molecule has 0 radical (unpaired) electrons. The lowest BCUT2D eigenvalue weighted by Gasteiger charge is -2.49. The lowest BCUT2D eigenvalue weighted by Crippen LogP contribution is -2.71. The van der Waals surface area contributed by atoms with E-state index in [0.29, 0.717) is 29.5 Å². The number of thiazole rings is 1. The quantitative estimate of drug-likeness (QED) is 0.0397. The molecule has 334 valence electrons. The van der Waals surface area contributed by atoms with Crippen molar-refractivity contribution in [1.82, 2.24) is 15.2 Å². The Labute approximate surface area is 396 Å². The Kier molecular flexibility index (Phi) is 12.3. The van der Waals surface area contributed by atoms with E-state index in [4.69, 9.17) is 19.7 Å². The Morgan fingerprint density at radius 3 is 1.64 bits per heavy atom. The van der Waals surface area contributed by atoms with Gasteiger partial charge in [0.25, 0.3) is 11.8 Å². The van der Waals surface area contributed by atoms with Crippen LogP contribution in [0.4, 0.5) is 5.13 Å². The van der Waals surface area contributed by atoms with E-state index in [2.05, 4.69) is 47.0 Å². The minimum atomic E-state index is -1.35. The first-order chi connectivity index (χ1) is 32.9. The predicted molar refractivity (Wildman–Crippen MR) is 260 cm³/mol. The number of thioether (sulfide) groups is 1. The third kappa shape index (κ3) is 8.09. The Morgan fingerprint density at radius 1 is 0.716 bits per heavy atom. The van der Waals surface area contributed by atoms with Crippen LogP contribution < -0.4 is 10.6 Å². The molecule has 3 N–H and O–H groups in total. The molecule has 2 saturated heterocycles. The van der Waals surface area contributed by atoms with Gasteiger partial charge in [-0.15, -0.1) is 23.1 Å². The summed E-state index contributed by atoms with van der Waals surface area (Å²) >= 11 is 2.70. The van der Waals surface area contributed by atoms with Crippen molar-refractivity contribution < 1.29 is 29.1 Å². The average Bonchev–Trinajstić information content (AvgIpc) is 4.11. The van der Waals surface area contributed by atoms with Gasteiger partial charge in [-0.2, -0.15) is 0 Å². The van der Waals surface area contributed by atoms with E-state index < -0.39 is 40.3 Å². The summed E-state index contributed by atoms with van der Waals surface area (Å²) in [4.78, 5) is 55.1. The van der Waals surface area contributed by atoms with Gasteiger partial charge in [0.1, 0.15) is 28.3 Å². The number of carbonyl (C=O) groups is 3. The van der Waals surface area contributed by atoms with E-state index >= 15 is 4.79 Å². The molecular formula is C54H45N5O6S2. The Hall–Kier alpha value is -7.32. The van der Waals surface area contributed by atoms with Crippen molar-refractivity contribution in [2.75, 3.05) is 17.7 Å². The smallest absolute Gasteiger partial charge is 0.352 e. The van der Waals surface area contributed by atoms with Crippen LogP contribution in [0.1, 0.15) is 51.9 Å². The summed E-state index contributed by atoms with van der Waals surface area (Å²) in [7, 11) is 0. The Bertz CT molecular complexity index is 2740. The molecular weight excluding hydrogens is 879 g/mol. The number of benzene rings is 6. The van der Waals surface area contributed by atoms with E-state index in [1.807, 2.05) is 146 Å². The fourth-order valence-electron chi connectivity index (χ4n) is 9.33. The summed E-state index contributed by atoms with van der Waals surface area (Å²) in [5.74, 6) is -2.11. The summed E-state index contributed by atoms with van der Waals surface area (Å²) in [6, 6.07) is 58.4. The first-order valence-electron chi connectivity index (χ1n) is 22.1. The predicted octanol–water partition coefficient (Wildman–Crippen LogP) is 9.18. The number of amides is 2. The van der Waals surface area contributed by atoms with Crippen LogP contribution in [0.2, 0.25) is 0 Å². The molecule has 2 amide bonds. The van der Waals surface area contributed by atoms with E-state index in [0.717, 1.165) is 39.8 Å². The summed E-state index contributed by atoms with van der Waals surface area (Å²) in [6.07, 6.45) is 1.13. The van der Waals surface area contributed by atoms with Crippen molar-refractivity contribution in [1.29, 1.82) is 0 Å². The van der Waals surface area contributed by atoms with Gasteiger partial charge in [0, 0.05) is 34.4 Å². The molecule has 0 unspecified atom stereocenters. The zero-order chi connectivity index (χ0) is 45.8. The molecule has 11 nitrogen and oxygen atoms in total. The van der Waals surface area contributed by atoms with E-state index in [1.165, 1.54) is 28.0 Å². The van der Waals surface area contributed by atoms with Gasteiger partial charge in [-0.3, -0.25) is 14.5 Å². The highest BCUT2D eigenvalue weighted by Gasteiger charge is 2.55. The second kappa shape index (κ2) is 18.9. The average molecular weight is 924 g/mol. The number of aromatic nitrogens is 1. The molecule has 3 aliphatic rings. The Balaban J connectivity index is 1.08. The van der Waals surface area contributed by atoms with Gasteiger partial charge in [0.15, 0.2) is 10.8 Å². The minimum absolute atomic E-state index is 0.0734. The van der Waals surface area contributed by atoms with Gasteiger partial charge in [-0.1, -0.05) is 187 Å². The van der Waals surface area contributed by atoms with Gasteiger partial charge >= 0.3 is 5.97 Å². The van der Waals surface area contributed by atoms with Gasteiger partial charge < -0.3 is 25.3 Å². The van der Waals surface area contributed by atoms with Crippen LogP contribution in [0.25, 0.3) is 0 Å². The number of oxime groups is 1. The fraction of sp³-hybridized carbons (Fsp3) is 0.167. The van der Waals surface area contributed by atoms with Crippen LogP contribution in [0.15, 0.2) is 204 Å². The van der Waals surface area contributed by atoms with Crippen LogP contribution in [0.5, 0.6) is 0 Å². The summed E-state index contributed by atoms with van der Waals surface area (Å²) in [6.45, 7) is 0.533. The van der Waals surface area contributed by atoms with Gasteiger partial charge in [-0.05, 0) is 35.1 Å². The third-order valence-corrected chi connectivity index (χ3v) is 14.6. The highest BCUT2D eigenvalue weighted by Crippen LogP contribution is 2.45. The normalized spacial score (nSPS) is 18.4. The van der Waals surface area contributed by atoms with Crippen LogP contribution in [0, 0.1) is 0 Å². The first-order valence-corrected chi connectivity index (χ1v) is 24.0. The van der Waals surface area contributed by atoms with Crippen molar-refractivity contribution in [3.8, 4) is 0 Å². The Morgan fingerprint density at radius 2 is 1.19 bits per heavy atom. The summed E-state index contributed by atoms with van der Waals surface area (Å²) < 4.78 is 5.86. The zero-order valence-electron chi connectivity index (χ0n) is 36.1. The number of carboxylic acids is 1. The number of hydrogen-bond acceptors (Lipinski definition) is 10. The highest BCUT2D eigenvalue weighted by molar-refractivity contribution is 8.00. The number of rotatable bonds is 15. The van der Waals surface area contributed by atoms with Crippen molar-refractivity contribution in [3.63, 3.8) is 0 Å². The molecule has 10 rings (SSSR count). The molecule has 1 aromatic heterocycles. The molecule has 7 aromatic rings. The monoisotopic (exact) mass is 923 g/mol. The second-order valence-electron chi connectivity index (χ2n) is 16.4. The molecule has 3 atom stereocenters. The molecule has 2 fully saturated rings. The zero-order valence-corrected chi connectivity index (χ0v) is 37.7. The van der Waals surface area contributed by atoms with Crippen molar-refractivity contribution in [2.24, 2.45) is 5.16 Å². The summed E-state index contributed by atoms with van der Waals surface area (Å²) in [5, 5.41) is 23.5. The number of fused-ring (bicyclic) bond motifs is 1. The van der Waals surface area contributed by atoms with Crippen LogP contribution in [-0.2, 0) is 35.1 Å². The minimum Gasteiger partial charge on any atom is -0.477 e. The van der Waals surface area contributed by atoms with Gasteiger partial charge in [0.2, 0.25) is 5.60 Å². The molecule has 13 heteroatoms. The van der Waals surface area contributed by atoms with E-state index in [9.17, 15) is 14.7 Å². The van der Waals surface area contributed by atoms with Crippen molar-refractivity contribution >= 4 is 51.7 Å². The first kappa shape index (κ1) is 43.6. The number of aliphatic carboxylic acids is 1. The van der Waals surface area contributed by atoms with E-state index in [-0.39, 0.29) is 23.2 Å². The molecule has 4 heterocycles. The van der Waals surface area contributed by atoms with Gasteiger partial charge in [0.05, 0.1) is 6.10 Å². The molecule has 0 saturated carbocycles. The maximum Gasteiger partial charge on any atom is 0.352 e. The molecule has 0 bridgehead atoms. The van der Waals surface area contributed by atoms with E-state index in [1.54, 1.807) is 5.38 Å². The number of β-lactam (4-membered cyclic amide) rings is 1. The molecule has 6 aromatic carbocycles. The van der Waals surface area contributed by atoms with Crippen LogP contribution >= 0.6 is 23.1 Å². The number of carboxylic acid groups (broad SMARTS) is 1. The van der Waals surface area contributed by atoms with Crippen LogP contribution in [0.3, 0.4) is 0 Å². The van der Waals surface area contributed by atoms with Crippen molar-refractivity contribution in [2.45, 2.75) is 41.5 Å². The maximum absolute atomic E-state index is 15.0. The van der Waals surface area contributed by atoms with Crippen LogP contribution in [-0.4, -0.2) is 68.4 Å². The molecule has 0 aliphatic carbocycles. The standard InChI is InChI=1S/C54H45N5O6S2/c60-48(56-46-49(61)59-47(51(62)63)42(34-66-50(46)59)44-32-19-33-64-44)45(58-65-54(39-26-13-4-14-27-39,40-28-15-5-16-29-40)41-30-17-6-18-31-41)43-35-67-52(55-43)57-53(36-20-7-1-8-21-36,37-22-9-2-10-23-37)38-24-11-3-12-25-38/h1-18,20-31,35,44,46,50H,19,32-34H2,(H,55,57)(H,56,60)(H,62,63)/b58-45-/t44-,46-,50-/m1/s1. The lowest BCUT2D eigenvalue weighted by molar-refractivity contribution is -0.150.